The molecule has 0 aliphatic rings. The Morgan fingerprint density at radius 2 is 1.50 bits per heavy atom. The highest BCUT2D eigenvalue weighted by Gasteiger charge is 2.22. The van der Waals surface area contributed by atoms with Gasteiger partial charge in [-0.15, -0.1) is 0 Å². The number of rotatable bonds is 6. The van der Waals surface area contributed by atoms with Crippen molar-refractivity contribution in [2.45, 2.75) is 25.3 Å². The molecule has 0 aliphatic carbocycles. The van der Waals surface area contributed by atoms with Gasteiger partial charge in [-0.2, -0.15) is 0 Å². The summed E-state index contributed by atoms with van der Waals surface area (Å²) in [7, 11) is -0.481. The lowest BCUT2D eigenvalue weighted by Crippen LogP contribution is -2.28. The van der Waals surface area contributed by atoms with Crippen molar-refractivity contribution in [1.82, 2.24) is 4.90 Å². The van der Waals surface area contributed by atoms with E-state index in [1.54, 1.807) is 60.5 Å². The fourth-order valence-corrected chi connectivity index (χ4v) is 4.41. The lowest BCUT2D eigenvalue weighted by Gasteiger charge is -2.22. The Bertz CT molecular complexity index is 1160. The third-order valence-corrected chi connectivity index (χ3v) is 6.78. The van der Waals surface area contributed by atoms with Crippen LogP contribution in [0, 0.1) is 13.8 Å². The topological polar surface area (TPSA) is 57.7 Å². The molecule has 156 valence electrons. The van der Waals surface area contributed by atoms with E-state index in [1.807, 2.05) is 38.1 Å². The van der Waals surface area contributed by atoms with Gasteiger partial charge in [-0.1, -0.05) is 53.6 Å². The second-order valence-electron chi connectivity index (χ2n) is 7.49. The van der Waals surface area contributed by atoms with E-state index in [2.05, 4.69) is 0 Å². The molecule has 0 unspecified atom stereocenters. The highest BCUT2D eigenvalue weighted by molar-refractivity contribution is 7.92. The lowest BCUT2D eigenvalue weighted by molar-refractivity contribution is 0.0785. The van der Waals surface area contributed by atoms with Crippen molar-refractivity contribution in [1.29, 1.82) is 0 Å². The molecule has 0 aromatic heterocycles. The van der Waals surface area contributed by atoms with Crippen LogP contribution in [0.2, 0.25) is 0 Å². The maximum Gasteiger partial charge on any atom is 0.264 e. The van der Waals surface area contributed by atoms with Gasteiger partial charge in [0.25, 0.3) is 15.9 Å². The number of anilines is 1. The fraction of sp³-hybridized carbons (Fsp3) is 0.208. The van der Waals surface area contributed by atoms with Crippen LogP contribution in [0.15, 0.2) is 77.7 Å². The summed E-state index contributed by atoms with van der Waals surface area (Å²) in [5.41, 5.74) is 4.04. The molecule has 0 aliphatic heterocycles. The number of benzene rings is 3. The number of hydrogen-bond acceptors (Lipinski definition) is 3. The van der Waals surface area contributed by atoms with E-state index in [4.69, 9.17) is 0 Å². The molecule has 3 rings (SSSR count). The number of carbonyl (C=O) groups is 1. The molecule has 0 saturated heterocycles. The molecule has 0 fully saturated rings. The molecular formula is C24H26N2O3S. The van der Waals surface area contributed by atoms with E-state index in [1.165, 1.54) is 11.4 Å². The summed E-state index contributed by atoms with van der Waals surface area (Å²) >= 11 is 0. The predicted octanol–water partition coefficient (Wildman–Crippen LogP) is 4.40. The molecule has 5 nitrogen and oxygen atoms in total. The third-order valence-electron chi connectivity index (χ3n) is 4.99. The fourth-order valence-electron chi connectivity index (χ4n) is 3.22. The first kappa shape index (κ1) is 21.6. The van der Waals surface area contributed by atoms with Crippen LogP contribution in [0.1, 0.15) is 27.0 Å². The zero-order chi connectivity index (χ0) is 21.9. The van der Waals surface area contributed by atoms with Gasteiger partial charge in [-0.25, -0.2) is 8.42 Å². The number of aryl methyl sites for hydroxylation is 2. The first-order chi connectivity index (χ1) is 14.2. The molecule has 0 heterocycles. The summed E-state index contributed by atoms with van der Waals surface area (Å²) in [4.78, 5) is 14.8. The van der Waals surface area contributed by atoms with E-state index >= 15 is 0 Å². The van der Waals surface area contributed by atoms with Crippen LogP contribution < -0.4 is 4.31 Å². The Balaban J connectivity index is 1.82. The van der Waals surface area contributed by atoms with Gasteiger partial charge in [0.05, 0.1) is 10.6 Å². The molecule has 1 amide bonds. The molecule has 3 aromatic carbocycles. The molecule has 0 bridgehead atoms. The van der Waals surface area contributed by atoms with Crippen LogP contribution in [0.3, 0.4) is 0 Å². The van der Waals surface area contributed by atoms with Gasteiger partial charge >= 0.3 is 0 Å². The van der Waals surface area contributed by atoms with Gasteiger partial charge in [-0.3, -0.25) is 9.10 Å². The molecule has 0 atom stereocenters. The van der Waals surface area contributed by atoms with Gasteiger partial charge in [-0.05, 0) is 49.7 Å². The highest BCUT2D eigenvalue weighted by Crippen LogP contribution is 2.24. The standard InChI is InChI=1S/C24H26N2O3S/c1-18-11-13-23(14-12-18)30(28,29)26(4)22-10-6-9-21(16-22)24(27)25(3)17-20-8-5-7-19(2)15-20/h5-16H,17H2,1-4H3. The second-order valence-corrected chi connectivity index (χ2v) is 9.46. The molecular weight excluding hydrogens is 396 g/mol. The number of amides is 1. The summed E-state index contributed by atoms with van der Waals surface area (Å²) < 4.78 is 27.1. The zero-order valence-electron chi connectivity index (χ0n) is 17.7. The lowest BCUT2D eigenvalue weighted by atomic mass is 10.1. The highest BCUT2D eigenvalue weighted by atomic mass is 32.2. The average molecular weight is 423 g/mol. The van der Waals surface area contributed by atoms with Crippen LogP contribution >= 0.6 is 0 Å². The van der Waals surface area contributed by atoms with Crippen molar-refractivity contribution >= 4 is 21.6 Å². The number of carbonyl (C=O) groups excluding carboxylic acids is 1. The van der Waals surface area contributed by atoms with E-state index in [9.17, 15) is 13.2 Å². The monoisotopic (exact) mass is 422 g/mol. The quantitative estimate of drug-likeness (QED) is 0.592. The Hall–Kier alpha value is -3.12. The van der Waals surface area contributed by atoms with Gasteiger partial charge in [0.15, 0.2) is 0 Å². The number of nitrogens with zero attached hydrogens (tertiary/aromatic N) is 2. The molecule has 0 radical (unpaired) electrons. The maximum absolute atomic E-state index is 13.0. The molecule has 0 N–H and O–H groups in total. The van der Waals surface area contributed by atoms with Crippen molar-refractivity contribution in [3.05, 3.63) is 95.1 Å². The summed E-state index contributed by atoms with van der Waals surface area (Å²) in [5.74, 6) is -0.167. The zero-order valence-corrected chi connectivity index (χ0v) is 18.5. The number of hydrogen-bond donors (Lipinski definition) is 0. The summed E-state index contributed by atoms with van der Waals surface area (Å²) in [5, 5.41) is 0. The summed E-state index contributed by atoms with van der Waals surface area (Å²) in [6, 6.07) is 21.4. The second kappa shape index (κ2) is 8.71. The van der Waals surface area contributed by atoms with E-state index < -0.39 is 10.0 Å². The molecule has 3 aromatic rings. The van der Waals surface area contributed by atoms with E-state index in [0.29, 0.717) is 17.8 Å². The van der Waals surface area contributed by atoms with Crippen LogP contribution in [-0.4, -0.2) is 33.3 Å². The van der Waals surface area contributed by atoms with Crippen LogP contribution in [0.25, 0.3) is 0 Å². The van der Waals surface area contributed by atoms with Crippen LogP contribution in [-0.2, 0) is 16.6 Å². The maximum atomic E-state index is 13.0. The van der Waals surface area contributed by atoms with E-state index in [-0.39, 0.29) is 10.8 Å². The Morgan fingerprint density at radius 1 is 0.833 bits per heavy atom. The summed E-state index contributed by atoms with van der Waals surface area (Å²) in [6.07, 6.45) is 0. The van der Waals surface area contributed by atoms with E-state index in [0.717, 1.165) is 16.7 Å². The average Bonchev–Trinajstić information content (AvgIpc) is 2.73. The first-order valence-electron chi connectivity index (χ1n) is 9.65. The third kappa shape index (κ3) is 4.71. The largest absolute Gasteiger partial charge is 0.337 e. The minimum Gasteiger partial charge on any atom is -0.337 e. The van der Waals surface area contributed by atoms with Gasteiger partial charge < -0.3 is 4.90 Å². The molecule has 30 heavy (non-hydrogen) atoms. The predicted molar refractivity (Wildman–Crippen MR) is 120 cm³/mol. The Morgan fingerprint density at radius 3 is 2.17 bits per heavy atom. The van der Waals surface area contributed by atoms with Crippen LogP contribution in [0.4, 0.5) is 5.69 Å². The minimum absolute atomic E-state index is 0.167. The van der Waals surface area contributed by atoms with Gasteiger partial charge in [0, 0.05) is 26.2 Å². The summed E-state index contributed by atoms with van der Waals surface area (Å²) in [6.45, 7) is 4.39. The normalized spacial score (nSPS) is 11.2. The van der Waals surface area contributed by atoms with Gasteiger partial charge in [0.1, 0.15) is 0 Å². The van der Waals surface area contributed by atoms with Crippen molar-refractivity contribution in [2.24, 2.45) is 0 Å². The molecule has 0 spiro atoms. The minimum atomic E-state index is -3.72. The smallest absolute Gasteiger partial charge is 0.264 e. The van der Waals surface area contributed by atoms with Crippen molar-refractivity contribution in [3.63, 3.8) is 0 Å². The SMILES string of the molecule is Cc1ccc(S(=O)(=O)N(C)c2cccc(C(=O)N(C)Cc3cccc(C)c3)c2)cc1. The Kier molecular flexibility index (Phi) is 6.27. The Labute approximate surface area is 178 Å². The number of sulfonamides is 1. The van der Waals surface area contributed by atoms with Crippen molar-refractivity contribution < 1.29 is 13.2 Å². The van der Waals surface area contributed by atoms with Gasteiger partial charge in [0.2, 0.25) is 0 Å². The molecule has 0 saturated carbocycles. The van der Waals surface area contributed by atoms with Crippen molar-refractivity contribution in [3.8, 4) is 0 Å². The first-order valence-corrected chi connectivity index (χ1v) is 11.1. The molecule has 6 heteroatoms. The van der Waals surface area contributed by atoms with Crippen LogP contribution in [0.5, 0.6) is 0 Å². The van der Waals surface area contributed by atoms with Crippen molar-refractivity contribution in [2.75, 3.05) is 18.4 Å².